The van der Waals surface area contributed by atoms with Crippen LogP contribution in [0.4, 0.5) is 0 Å². The van der Waals surface area contributed by atoms with Crippen molar-refractivity contribution in [2.45, 2.75) is 139 Å². The Morgan fingerprint density at radius 2 is 1.29 bits per heavy atom. The van der Waals surface area contributed by atoms with Gasteiger partial charge < -0.3 is 87.3 Å². The number of benzene rings is 4. The Balaban J connectivity index is 1.24. The Morgan fingerprint density at radius 3 is 1.89 bits per heavy atom. The number of nitrogens with one attached hydrogen (secondary N) is 6. The maximum atomic E-state index is 15.0. The largest absolute Gasteiger partial charge is 0.508 e. The van der Waals surface area contributed by atoms with E-state index in [1.807, 2.05) is 48.5 Å². The van der Waals surface area contributed by atoms with Crippen LogP contribution in [0.15, 0.2) is 110 Å². The molecule has 3 aliphatic rings. The summed E-state index contributed by atoms with van der Waals surface area (Å²) in [5.41, 5.74) is 9.20. The van der Waals surface area contributed by atoms with Gasteiger partial charge in [0, 0.05) is 56.4 Å². The molecule has 25 heteroatoms. The third kappa shape index (κ3) is 17.5. The number of nitrogens with zero attached hydrogens (tertiary/aromatic N) is 2. The standard InChI is InChI=1S/C64H85N9O16/c1-6-8-9-28-89-46-24-20-41(21-25-46)39-12-10-38(11-13-39)40-14-16-43(17-15-40)58(81)67-47-32-49(77)57(66-27-30-88-29-26-65)71-62(85)53-54(78)36(4)33-73(53)64(87)51(37(5)74)69-61(84)52(56(80)55(79)42-18-22-44(75)23-19-42)70-60(83)48-31-45(76)34-72(48)63(86)50(35(3)7-2)68-59(47)82/h7,10-25,35-37,45,47-57,66,74-80H,2,6,8-9,26-34,65H2,1,3-5H3,(H,67,81)(H,68,82)(H,69,84)(H,70,83)(H,71,85)/t35-,36-,37+,45+,47?,48?,49+,50?,51?,52?,53?,54-,55-,56-,57?/m0/s1. The monoisotopic (exact) mass is 1240 g/mol. The number of carbonyl (C=O) groups excluding carboxylic acids is 7. The molecule has 0 spiro atoms. The van der Waals surface area contributed by atoms with E-state index < -0.39 is 152 Å². The van der Waals surface area contributed by atoms with E-state index in [0.29, 0.717) is 6.61 Å². The molecule has 7 amide bonds. The van der Waals surface area contributed by atoms with E-state index in [4.69, 9.17) is 15.2 Å². The van der Waals surface area contributed by atoms with Crippen LogP contribution in [0.3, 0.4) is 0 Å². The summed E-state index contributed by atoms with van der Waals surface area (Å²) in [6.07, 6.45) is -8.96. The quantitative estimate of drug-likeness (QED) is 0.0388. The van der Waals surface area contributed by atoms with E-state index in [2.05, 4.69) is 45.4 Å². The summed E-state index contributed by atoms with van der Waals surface area (Å²) in [6, 6.07) is 16.1. The highest BCUT2D eigenvalue weighted by molar-refractivity contribution is 6.00. The third-order valence-corrected chi connectivity index (χ3v) is 16.4. The van der Waals surface area contributed by atoms with Gasteiger partial charge in [0.2, 0.25) is 35.4 Å². The van der Waals surface area contributed by atoms with E-state index in [1.54, 1.807) is 12.1 Å². The van der Waals surface area contributed by atoms with Gasteiger partial charge >= 0.3 is 0 Å². The molecule has 482 valence electrons. The van der Waals surface area contributed by atoms with Gasteiger partial charge in [-0.25, -0.2) is 0 Å². The number of phenols is 1. The second kappa shape index (κ2) is 32.1. The van der Waals surface area contributed by atoms with Crippen LogP contribution < -0.4 is 42.4 Å². The fourth-order valence-electron chi connectivity index (χ4n) is 11.1. The summed E-state index contributed by atoms with van der Waals surface area (Å²) in [5, 5.41) is 95.0. The molecule has 0 radical (unpaired) electrons. The number of carbonyl (C=O) groups is 7. The minimum Gasteiger partial charge on any atom is -0.508 e. The highest BCUT2D eigenvalue weighted by Crippen LogP contribution is 2.30. The molecule has 0 aromatic heterocycles. The number of phenolic OH excluding ortho intramolecular Hbond substituents is 1. The molecular formula is C64H85N9O16. The molecule has 4 aromatic carbocycles. The first-order valence-electron chi connectivity index (χ1n) is 30.1. The first-order chi connectivity index (χ1) is 42.5. The van der Waals surface area contributed by atoms with Crippen LogP contribution in [0.1, 0.15) is 81.8 Å². The SMILES string of the molecule is C=C[C@H](C)C1NC(=O)C(NC(=O)c2ccc(-c3ccc(-c4ccc(OCCCCC)cc4)cc3)cc2)C[C@@H](O)C(NCCOCCN)NC(=O)C2[C@@H](O)[C@@H](C)CN2C(=O)C([C@@H](C)O)NC(=O)C([C@H](O)[C@@H](O)c2ccc(O)cc2)NC(=O)C2C[C@@H](O)CN2C1=O. The first kappa shape index (κ1) is 68.6. The third-order valence-electron chi connectivity index (χ3n) is 16.4. The van der Waals surface area contributed by atoms with Gasteiger partial charge in [-0.05, 0) is 77.6 Å². The number of unbranched alkanes of at least 4 members (excludes halogenated alkanes) is 2. The van der Waals surface area contributed by atoms with Gasteiger partial charge in [-0.15, -0.1) is 6.58 Å². The van der Waals surface area contributed by atoms with Crippen LogP contribution in [0.2, 0.25) is 0 Å². The van der Waals surface area contributed by atoms with Crippen LogP contribution in [-0.2, 0) is 33.5 Å². The Hall–Kier alpha value is -7.85. The van der Waals surface area contributed by atoms with Crippen LogP contribution in [0.5, 0.6) is 11.5 Å². The first-order valence-corrected chi connectivity index (χ1v) is 30.1. The predicted molar refractivity (Wildman–Crippen MR) is 327 cm³/mol. The number of hydrogen-bond donors (Lipinski definition) is 14. The van der Waals surface area contributed by atoms with Crippen LogP contribution in [-0.4, -0.2) is 206 Å². The summed E-state index contributed by atoms with van der Waals surface area (Å²) < 4.78 is 11.4. The van der Waals surface area contributed by atoms with Crippen LogP contribution in [0.25, 0.3) is 22.3 Å². The zero-order chi connectivity index (χ0) is 64.6. The number of aliphatic hydroxyl groups excluding tert-OH is 6. The summed E-state index contributed by atoms with van der Waals surface area (Å²) in [7, 11) is 0. The summed E-state index contributed by atoms with van der Waals surface area (Å²) >= 11 is 0. The minimum atomic E-state index is -2.26. The minimum absolute atomic E-state index is 0.0160. The molecule has 15 atom stereocenters. The van der Waals surface area contributed by atoms with E-state index in [0.717, 1.165) is 64.0 Å². The Morgan fingerprint density at radius 1 is 0.708 bits per heavy atom. The number of hydrogen-bond acceptors (Lipinski definition) is 18. The fourth-order valence-corrected chi connectivity index (χ4v) is 11.1. The second-order valence-electron chi connectivity index (χ2n) is 23.0. The topological polar surface area (TPSA) is 384 Å². The molecule has 0 saturated carbocycles. The molecular weight excluding hydrogens is 1150 g/mol. The molecule has 15 N–H and O–H groups in total. The molecule has 3 aliphatic heterocycles. The van der Waals surface area contributed by atoms with Crippen molar-refractivity contribution in [3.05, 3.63) is 121 Å². The van der Waals surface area contributed by atoms with E-state index in [9.17, 15) is 69.3 Å². The van der Waals surface area contributed by atoms with Gasteiger partial charge in [0.25, 0.3) is 5.91 Å². The number of nitrogens with two attached hydrogens (primary N) is 1. The Kier molecular flexibility index (Phi) is 24.7. The normalized spacial score (nSPS) is 26.3. The highest BCUT2D eigenvalue weighted by atomic mass is 16.5. The molecule has 3 fully saturated rings. The molecule has 0 bridgehead atoms. The van der Waals surface area contributed by atoms with Gasteiger partial charge in [0.1, 0.15) is 66.1 Å². The maximum Gasteiger partial charge on any atom is 0.251 e. The van der Waals surface area contributed by atoms with E-state index in [-0.39, 0.29) is 49.7 Å². The molecule has 0 aliphatic carbocycles. The van der Waals surface area contributed by atoms with Crippen molar-refractivity contribution in [1.82, 2.24) is 41.7 Å². The van der Waals surface area contributed by atoms with Crippen molar-refractivity contribution in [3.8, 4) is 33.8 Å². The molecule has 4 aromatic rings. The number of amides is 7. The average Bonchev–Trinajstić information content (AvgIpc) is 1.86. The van der Waals surface area contributed by atoms with E-state index >= 15 is 0 Å². The lowest BCUT2D eigenvalue weighted by atomic mass is 9.96. The maximum absolute atomic E-state index is 15.0. The van der Waals surface area contributed by atoms with Gasteiger partial charge in [0.15, 0.2) is 0 Å². The molecule has 7 rings (SSSR count). The van der Waals surface area contributed by atoms with E-state index in [1.165, 1.54) is 56.3 Å². The van der Waals surface area contributed by atoms with Gasteiger partial charge in [-0.2, -0.15) is 0 Å². The second-order valence-corrected chi connectivity index (χ2v) is 23.0. The zero-order valence-corrected chi connectivity index (χ0v) is 50.4. The number of aromatic hydroxyl groups is 1. The lowest BCUT2D eigenvalue weighted by Crippen LogP contribution is -2.64. The summed E-state index contributed by atoms with van der Waals surface area (Å²) in [4.78, 5) is 105. The molecule has 89 heavy (non-hydrogen) atoms. The number of aliphatic hydroxyl groups is 6. The van der Waals surface area contributed by atoms with Crippen molar-refractivity contribution < 1.29 is 78.8 Å². The predicted octanol–water partition coefficient (Wildman–Crippen LogP) is 0.0868. The highest BCUT2D eigenvalue weighted by Gasteiger charge is 2.50. The smallest absolute Gasteiger partial charge is 0.251 e. The van der Waals surface area contributed by atoms with Crippen molar-refractivity contribution in [2.75, 3.05) is 46.0 Å². The van der Waals surface area contributed by atoms with Crippen molar-refractivity contribution in [1.29, 1.82) is 0 Å². The van der Waals surface area contributed by atoms with Crippen LogP contribution in [0, 0.1) is 11.8 Å². The number of fused-ring (bicyclic) bond motifs is 2. The Labute approximate surface area is 517 Å². The molecule has 25 nitrogen and oxygen atoms in total. The lowest BCUT2D eigenvalue weighted by molar-refractivity contribution is -0.147. The van der Waals surface area contributed by atoms with Gasteiger partial charge in [0.05, 0.1) is 44.2 Å². The van der Waals surface area contributed by atoms with Crippen molar-refractivity contribution in [2.24, 2.45) is 17.6 Å². The fraction of sp³-hybridized carbons (Fsp3) is 0.484. The molecule has 3 saturated heterocycles. The number of ether oxygens (including phenoxy) is 2. The summed E-state index contributed by atoms with van der Waals surface area (Å²) in [5.74, 6) is -8.67. The molecule has 3 heterocycles. The molecule has 7 unspecified atom stereocenters. The van der Waals surface area contributed by atoms with Crippen molar-refractivity contribution in [3.63, 3.8) is 0 Å². The zero-order valence-electron chi connectivity index (χ0n) is 50.4. The average molecular weight is 1240 g/mol. The van der Waals surface area contributed by atoms with Crippen molar-refractivity contribution >= 4 is 41.4 Å². The van der Waals surface area contributed by atoms with Gasteiger partial charge in [-0.1, -0.05) is 100 Å². The Bertz CT molecular complexity index is 3050. The van der Waals surface area contributed by atoms with Crippen LogP contribution >= 0.6 is 0 Å². The number of rotatable bonds is 21. The lowest BCUT2D eigenvalue weighted by Gasteiger charge is -2.34. The summed E-state index contributed by atoms with van der Waals surface area (Å²) in [6.45, 7) is 10.2. The van der Waals surface area contributed by atoms with Gasteiger partial charge in [-0.3, -0.25) is 38.9 Å².